The van der Waals surface area contributed by atoms with Crippen molar-refractivity contribution in [2.24, 2.45) is 0 Å². The zero-order chi connectivity index (χ0) is 16.9. The van der Waals surface area contributed by atoms with Gasteiger partial charge in [-0.05, 0) is 24.3 Å². The third-order valence-electron chi connectivity index (χ3n) is 4.38. The summed E-state index contributed by atoms with van der Waals surface area (Å²) in [6.07, 6.45) is 2.26. The molecular weight excluding hydrogens is 354 g/mol. The second kappa shape index (κ2) is 5.51. The summed E-state index contributed by atoms with van der Waals surface area (Å²) in [6.45, 7) is 0.0731. The zero-order valence-electron chi connectivity index (χ0n) is 13.0. The molecule has 1 unspecified atom stereocenters. The first kappa shape index (κ1) is 16.0. The van der Waals surface area contributed by atoms with Crippen LogP contribution < -0.4 is 4.74 Å². The largest absolute Gasteiger partial charge is 0.494 e. The van der Waals surface area contributed by atoms with E-state index in [2.05, 4.69) is 10.1 Å². The predicted molar refractivity (Wildman–Crippen MR) is 84.4 cm³/mol. The molecule has 0 spiro atoms. The van der Waals surface area contributed by atoms with Gasteiger partial charge in [-0.25, -0.2) is 8.42 Å². The van der Waals surface area contributed by atoms with Crippen LogP contribution in [0.1, 0.15) is 36.9 Å². The van der Waals surface area contributed by atoms with E-state index in [0.29, 0.717) is 17.5 Å². The molecule has 2 fully saturated rings. The van der Waals surface area contributed by atoms with Crippen LogP contribution in [0, 0.1) is 0 Å². The number of nitrogens with zero attached hydrogens (tertiary/aromatic N) is 3. The van der Waals surface area contributed by atoms with Crippen molar-refractivity contribution in [1.82, 2.24) is 14.4 Å². The van der Waals surface area contributed by atoms with Gasteiger partial charge in [0.15, 0.2) is 15.6 Å². The number of β-amino-alcohol motifs (C(OH)–C–C–N with tert-alkyl or cyclic N) is 1. The van der Waals surface area contributed by atoms with Crippen LogP contribution in [0.25, 0.3) is 0 Å². The number of hydrogen-bond donors (Lipinski definition) is 1. The molecule has 1 aliphatic carbocycles. The lowest BCUT2D eigenvalue weighted by molar-refractivity contribution is 0.0194. The van der Waals surface area contributed by atoms with Crippen LogP contribution in [0.15, 0.2) is 20.2 Å². The van der Waals surface area contributed by atoms with Gasteiger partial charge in [0.05, 0.1) is 13.7 Å². The van der Waals surface area contributed by atoms with E-state index in [9.17, 15) is 13.5 Å². The fourth-order valence-electron chi connectivity index (χ4n) is 2.81. The Hall–Kier alpha value is -1.49. The molecule has 0 radical (unpaired) electrons. The summed E-state index contributed by atoms with van der Waals surface area (Å²) >= 11 is 1.09. The monoisotopic (exact) mass is 371 g/mol. The predicted octanol–water partition coefficient (Wildman–Crippen LogP) is 1.30. The topological polar surface area (TPSA) is 106 Å². The number of ether oxygens (including phenoxy) is 1. The molecule has 10 heteroatoms. The molecule has 1 saturated carbocycles. The van der Waals surface area contributed by atoms with Crippen molar-refractivity contribution in [2.45, 2.75) is 35.0 Å². The Bertz CT molecular complexity index is 857. The number of aliphatic hydroxyl groups is 1. The van der Waals surface area contributed by atoms with Gasteiger partial charge < -0.3 is 14.4 Å². The average Bonchev–Trinajstić information content (AvgIpc) is 2.99. The maximum atomic E-state index is 12.8. The molecular formula is C14H17N3O5S2. The minimum Gasteiger partial charge on any atom is -0.494 e. The van der Waals surface area contributed by atoms with Gasteiger partial charge in [0.2, 0.25) is 0 Å². The molecule has 3 heterocycles. The van der Waals surface area contributed by atoms with Gasteiger partial charge in [-0.15, -0.1) is 11.3 Å². The zero-order valence-corrected chi connectivity index (χ0v) is 14.6. The van der Waals surface area contributed by atoms with E-state index in [0.717, 1.165) is 24.2 Å². The molecule has 24 heavy (non-hydrogen) atoms. The van der Waals surface area contributed by atoms with Crippen LogP contribution in [-0.2, 0) is 15.6 Å². The Morgan fingerprint density at radius 3 is 3.00 bits per heavy atom. The van der Waals surface area contributed by atoms with E-state index in [1.165, 1.54) is 11.4 Å². The van der Waals surface area contributed by atoms with E-state index < -0.39 is 15.6 Å². The normalized spacial score (nSPS) is 25.2. The second-order valence-corrected chi connectivity index (χ2v) is 9.18. The Balaban J connectivity index is 1.58. The van der Waals surface area contributed by atoms with Crippen molar-refractivity contribution in [2.75, 3.05) is 20.2 Å². The van der Waals surface area contributed by atoms with Crippen molar-refractivity contribution in [3.05, 3.63) is 23.2 Å². The molecule has 8 nitrogen and oxygen atoms in total. The molecule has 130 valence electrons. The Morgan fingerprint density at radius 2 is 2.29 bits per heavy atom. The molecule has 2 aliphatic rings. The fraction of sp³-hybridized carbons (Fsp3) is 0.571. The van der Waals surface area contributed by atoms with Crippen LogP contribution in [0.3, 0.4) is 0 Å². The van der Waals surface area contributed by atoms with Gasteiger partial charge in [0, 0.05) is 18.9 Å². The highest BCUT2D eigenvalue weighted by Crippen LogP contribution is 2.41. The van der Waals surface area contributed by atoms with Gasteiger partial charge in [0.25, 0.3) is 15.9 Å². The summed E-state index contributed by atoms with van der Waals surface area (Å²) in [4.78, 5) is 4.27. The number of sulfonamides is 1. The number of hydrogen-bond acceptors (Lipinski definition) is 8. The molecule has 1 aliphatic heterocycles. The van der Waals surface area contributed by atoms with E-state index in [1.807, 2.05) is 0 Å². The maximum absolute atomic E-state index is 12.8. The molecule has 4 rings (SSSR count). The van der Waals surface area contributed by atoms with E-state index in [4.69, 9.17) is 9.26 Å². The third-order valence-corrected chi connectivity index (χ3v) is 7.65. The highest BCUT2D eigenvalue weighted by atomic mass is 32.2. The maximum Gasteiger partial charge on any atom is 0.260 e. The molecule has 1 saturated heterocycles. The number of methoxy groups -OCH3 is 1. The van der Waals surface area contributed by atoms with Crippen molar-refractivity contribution in [1.29, 1.82) is 0 Å². The molecule has 2 aromatic heterocycles. The van der Waals surface area contributed by atoms with Crippen LogP contribution in [0.2, 0.25) is 0 Å². The number of rotatable bonds is 5. The van der Waals surface area contributed by atoms with Gasteiger partial charge in [-0.3, -0.25) is 0 Å². The highest BCUT2D eigenvalue weighted by molar-refractivity contribution is 7.91. The van der Waals surface area contributed by atoms with E-state index in [1.54, 1.807) is 11.4 Å². The van der Waals surface area contributed by atoms with E-state index in [-0.39, 0.29) is 29.6 Å². The molecule has 1 atom stereocenters. The molecule has 2 aromatic rings. The van der Waals surface area contributed by atoms with Crippen molar-refractivity contribution in [3.63, 3.8) is 0 Å². The van der Waals surface area contributed by atoms with Crippen molar-refractivity contribution in [3.8, 4) is 5.75 Å². The van der Waals surface area contributed by atoms with Gasteiger partial charge in [-0.2, -0.15) is 9.29 Å². The van der Waals surface area contributed by atoms with Gasteiger partial charge in [0.1, 0.15) is 5.75 Å². The smallest absolute Gasteiger partial charge is 0.260 e. The van der Waals surface area contributed by atoms with Crippen LogP contribution in [0.5, 0.6) is 5.75 Å². The first-order valence-corrected chi connectivity index (χ1v) is 9.94. The summed E-state index contributed by atoms with van der Waals surface area (Å²) in [5.41, 5.74) is -1.45. The molecule has 0 amide bonds. The summed E-state index contributed by atoms with van der Waals surface area (Å²) < 4.78 is 37.3. The number of aromatic nitrogens is 2. The highest BCUT2D eigenvalue weighted by Gasteiger charge is 2.48. The summed E-state index contributed by atoms with van der Waals surface area (Å²) in [6, 6.07) is 1.61. The van der Waals surface area contributed by atoms with Crippen LogP contribution >= 0.6 is 11.3 Å². The fourth-order valence-corrected chi connectivity index (χ4v) is 5.72. The first-order chi connectivity index (χ1) is 11.4. The summed E-state index contributed by atoms with van der Waals surface area (Å²) in [7, 11) is -2.31. The van der Waals surface area contributed by atoms with Crippen LogP contribution in [-0.4, -0.2) is 48.2 Å². The minimum atomic E-state index is -3.74. The molecule has 0 bridgehead atoms. The van der Waals surface area contributed by atoms with Crippen molar-refractivity contribution >= 4 is 21.4 Å². The minimum absolute atomic E-state index is 0.0974. The Labute approximate surface area is 143 Å². The first-order valence-electron chi connectivity index (χ1n) is 7.62. The lowest BCUT2D eigenvalue weighted by Gasteiger charge is -2.19. The van der Waals surface area contributed by atoms with Crippen molar-refractivity contribution < 1.29 is 22.8 Å². The van der Waals surface area contributed by atoms with Gasteiger partial charge >= 0.3 is 0 Å². The number of thiophene rings is 1. The van der Waals surface area contributed by atoms with E-state index >= 15 is 0 Å². The van der Waals surface area contributed by atoms with Gasteiger partial charge in [-0.1, -0.05) is 5.16 Å². The second-order valence-electron chi connectivity index (χ2n) is 6.13. The van der Waals surface area contributed by atoms with Crippen LogP contribution in [0.4, 0.5) is 0 Å². The summed E-state index contributed by atoms with van der Waals surface area (Å²) in [5, 5.41) is 16.4. The summed E-state index contributed by atoms with van der Waals surface area (Å²) in [5.74, 6) is 1.31. The Morgan fingerprint density at radius 1 is 1.50 bits per heavy atom. The molecule has 0 aromatic carbocycles. The Kier molecular flexibility index (Phi) is 3.68. The third kappa shape index (κ3) is 2.53. The standard InChI is InChI=1S/C14H17N3O5S2/c1-21-10-4-7-23-12(10)24(19,20)17-6-5-14(18,8-17)13-15-11(16-22-13)9-2-3-9/h4,7,9,18H,2-3,5-6,8H2,1H3. The quantitative estimate of drug-likeness (QED) is 0.844. The lowest BCUT2D eigenvalue weighted by atomic mass is 10.0. The lowest BCUT2D eigenvalue weighted by Crippen LogP contribution is -2.34. The SMILES string of the molecule is COc1ccsc1S(=O)(=O)N1CCC(O)(c2nc(C3CC3)no2)C1. The average molecular weight is 371 g/mol. The molecule has 1 N–H and O–H groups in total.